The van der Waals surface area contributed by atoms with Gasteiger partial charge in [-0.3, -0.25) is 4.57 Å². The van der Waals surface area contributed by atoms with Crippen LogP contribution >= 0.6 is 11.8 Å². The summed E-state index contributed by atoms with van der Waals surface area (Å²) in [7, 11) is 0. The van der Waals surface area contributed by atoms with Crippen molar-refractivity contribution in [1.29, 1.82) is 0 Å². The lowest BCUT2D eigenvalue weighted by atomic mass is 10.0. The highest BCUT2D eigenvalue weighted by atomic mass is 32.2. The summed E-state index contributed by atoms with van der Waals surface area (Å²) in [5.41, 5.74) is 6.01. The van der Waals surface area contributed by atoms with Crippen molar-refractivity contribution in [3.05, 3.63) is 90.2 Å². The van der Waals surface area contributed by atoms with E-state index in [0.29, 0.717) is 18.2 Å². The van der Waals surface area contributed by atoms with Crippen LogP contribution in [0.25, 0.3) is 33.5 Å². The number of hydrogen-bond acceptors (Lipinski definition) is 6. The van der Waals surface area contributed by atoms with Gasteiger partial charge in [-0.25, -0.2) is 9.97 Å². The van der Waals surface area contributed by atoms with Crippen LogP contribution in [0.5, 0.6) is 0 Å². The van der Waals surface area contributed by atoms with Crippen LogP contribution in [0.2, 0.25) is 0 Å². The van der Waals surface area contributed by atoms with E-state index < -0.39 is 0 Å². The molecule has 0 radical (unpaired) electrons. The first kappa shape index (κ1) is 22.1. The van der Waals surface area contributed by atoms with Gasteiger partial charge in [-0.05, 0) is 32.9 Å². The van der Waals surface area contributed by atoms with Gasteiger partial charge >= 0.3 is 0 Å². The lowest BCUT2D eigenvalue weighted by molar-refractivity contribution is 0.489. The summed E-state index contributed by atoms with van der Waals surface area (Å²) in [5.74, 6) is 2.89. The molecule has 3 aromatic heterocycles. The van der Waals surface area contributed by atoms with Crippen LogP contribution in [-0.4, -0.2) is 24.7 Å². The normalized spacial score (nSPS) is 11.3. The lowest BCUT2D eigenvalue weighted by Crippen LogP contribution is -2.02. The van der Waals surface area contributed by atoms with Gasteiger partial charge in [0.15, 0.2) is 11.0 Å². The van der Waals surface area contributed by atoms with Crippen molar-refractivity contribution >= 4 is 22.7 Å². The number of aryl methyl sites for hydroxylation is 3. The Morgan fingerprint density at radius 1 is 1.00 bits per heavy atom. The third-order valence-corrected chi connectivity index (χ3v) is 6.68. The SMILES string of the molecule is C=CCn1c(SCc2nc(C)c(C)o2)nnc1-c1cc(-c2ccc(C)cc2)nc2ccccc12. The maximum Gasteiger partial charge on any atom is 0.205 e. The molecule has 0 bridgehead atoms. The van der Waals surface area contributed by atoms with Crippen LogP contribution in [-0.2, 0) is 12.3 Å². The Labute approximate surface area is 202 Å². The van der Waals surface area contributed by atoms with Crippen molar-refractivity contribution in [3.8, 4) is 22.6 Å². The van der Waals surface area contributed by atoms with E-state index in [9.17, 15) is 0 Å². The zero-order chi connectivity index (χ0) is 23.7. The smallest absolute Gasteiger partial charge is 0.205 e. The maximum atomic E-state index is 5.74. The number of rotatable bonds is 7. The Morgan fingerprint density at radius 3 is 2.53 bits per heavy atom. The van der Waals surface area contributed by atoms with E-state index in [1.54, 1.807) is 11.8 Å². The van der Waals surface area contributed by atoms with Crippen molar-refractivity contribution in [2.45, 2.75) is 38.2 Å². The first-order valence-electron chi connectivity index (χ1n) is 11.1. The van der Waals surface area contributed by atoms with Gasteiger partial charge in [0.2, 0.25) is 5.89 Å². The minimum absolute atomic E-state index is 0.579. The van der Waals surface area contributed by atoms with E-state index in [2.05, 4.69) is 69.6 Å². The highest BCUT2D eigenvalue weighted by Crippen LogP contribution is 2.33. The number of aromatic nitrogens is 5. The molecule has 0 aliphatic rings. The minimum atomic E-state index is 0.579. The second-order valence-electron chi connectivity index (χ2n) is 8.18. The van der Waals surface area contributed by atoms with Crippen LogP contribution in [0, 0.1) is 20.8 Å². The molecule has 0 atom stereocenters. The van der Waals surface area contributed by atoms with Crippen LogP contribution in [0.15, 0.2) is 76.8 Å². The summed E-state index contributed by atoms with van der Waals surface area (Å²) in [4.78, 5) is 9.41. The van der Waals surface area contributed by atoms with E-state index >= 15 is 0 Å². The molecule has 3 heterocycles. The predicted octanol–water partition coefficient (Wildman–Crippen LogP) is 6.55. The van der Waals surface area contributed by atoms with Gasteiger partial charge in [0.1, 0.15) is 5.76 Å². The summed E-state index contributed by atoms with van der Waals surface area (Å²) in [5, 5.41) is 10.9. The number of fused-ring (bicyclic) bond motifs is 1. The second kappa shape index (κ2) is 9.27. The molecule has 0 aliphatic heterocycles. The number of nitrogens with zero attached hydrogens (tertiary/aromatic N) is 5. The van der Waals surface area contributed by atoms with Gasteiger partial charge in [0.25, 0.3) is 0 Å². The number of oxazole rings is 1. The average molecular weight is 468 g/mol. The van der Waals surface area contributed by atoms with Crippen LogP contribution in [0.4, 0.5) is 0 Å². The number of benzene rings is 2. The second-order valence-corrected chi connectivity index (χ2v) is 9.12. The van der Waals surface area contributed by atoms with Crippen molar-refractivity contribution < 1.29 is 4.42 Å². The van der Waals surface area contributed by atoms with Crippen molar-refractivity contribution in [3.63, 3.8) is 0 Å². The van der Waals surface area contributed by atoms with Gasteiger partial charge in [-0.2, -0.15) is 0 Å². The molecule has 7 heteroatoms. The number of pyridine rings is 1. The summed E-state index contributed by atoms with van der Waals surface area (Å²) in [6.07, 6.45) is 1.86. The number of allylic oxidation sites excluding steroid dienone is 1. The fourth-order valence-electron chi connectivity index (χ4n) is 3.85. The summed E-state index contributed by atoms with van der Waals surface area (Å²) in [6.45, 7) is 10.5. The zero-order valence-corrected chi connectivity index (χ0v) is 20.3. The molecular weight excluding hydrogens is 442 g/mol. The van der Waals surface area contributed by atoms with Crippen molar-refractivity contribution in [2.24, 2.45) is 0 Å². The first-order chi connectivity index (χ1) is 16.5. The third-order valence-electron chi connectivity index (χ3n) is 5.73. The van der Waals surface area contributed by atoms with Crippen molar-refractivity contribution in [2.75, 3.05) is 0 Å². The molecule has 170 valence electrons. The van der Waals surface area contributed by atoms with Crippen LogP contribution in [0.1, 0.15) is 22.9 Å². The summed E-state index contributed by atoms with van der Waals surface area (Å²) < 4.78 is 7.82. The highest BCUT2D eigenvalue weighted by molar-refractivity contribution is 7.98. The van der Waals surface area contributed by atoms with E-state index in [1.807, 2.05) is 38.1 Å². The molecule has 0 unspecified atom stereocenters. The molecule has 0 saturated carbocycles. The minimum Gasteiger partial charge on any atom is -0.445 e. The lowest BCUT2D eigenvalue weighted by Gasteiger charge is -2.12. The average Bonchev–Trinajstić information content (AvgIpc) is 3.39. The van der Waals surface area contributed by atoms with Gasteiger partial charge in [-0.1, -0.05) is 65.9 Å². The Bertz CT molecular complexity index is 1460. The van der Waals surface area contributed by atoms with Crippen LogP contribution < -0.4 is 0 Å². The fourth-order valence-corrected chi connectivity index (χ4v) is 4.64. The number of para-hydroxylation sites is 1. The van der Waals surface area contributed by atoms with E-state index in [1.165, 1.54) is 5.56 Å². The molecule has 0 amide bonds. The first-order valence-corrected chi connectivity index (χ1v) is 12.1. The molecule has 0 aliphatic carbocycles. The summed E-state index contributed by atoms with van der Waals surface area (Å²) >= 11 is 1.55. The van der Waals surface area contributed by atoms with E-state index in [-0.39, 0.29) is 0 Å². The van der Waals surface area contributed by atoms with Gasteiger partial charge in [0, 0.05) is 23.1 Å². The van der Waals surface area contributed by atoms with E-state index in [0.717, 1.165) is 50.2 Å². The van der Waals surface area contributed by atoms with Crippen molar-refractivity contribution in [1.82, 2.24) is 24.7 Å². The predicted molar refractivity (Wildman–Crippen MR) is 137 cm³/mol. The third kappa shape index (κ3) is 4.26. The Kier molecular flexibility index (Phi) is 6.02. The Hall–Kier alpha value is -3.71. The molecule has 0 fully saturated rings. The standard InChI is InChI=1S/C27H25N5OS/c1-5-14-32-26(30-31-27(32)34-16-25-28-18(3)19(4)33-25)22-15-24(20-12-10-17(2)11-13-20)29-23-9-7-6-8-21(22)23/h5-13,15H,1,14,16H2,2-4H3. The Balaban J connectivity index is 1.59. The molecule has 5 rings (SSSR count). The van der Waals surface area contributed by atoms with Crippen LogP contribution in [0.3, 0.4) is 0 Å². The molecule has 0 N–H and O–H groups in total. The molecule has 5 aromatic rings. The molecular formula is C27H25N5OS. The van der Waals surface area contributed by atoms with Gasteiger partial charge < -0.3 is 4.42 Å². The number of thioether (sulfide) groups is 1. The molecule has 0 spiro atoms. The molecule has 6 nitrogen and oxygen atoms in total. The zero-order valence-electron chi connectivity index (χ0n) is 19.4. The van der Waals surface area contributed by atoms with Gasteiger partial charge in [0.05, 0.1) is 22.7 Å². The number of hydrogen-bond donors (Lipinski definition) is 0. The monoisotopic (exact) mass is 467 g/mol. The highest BCUT2D eigenvalue weighted by Gasteiger charge is 2.19. The largest absolute Gasteiger partial charge is 0.445 e. The topological polar surface area (TPSA) is 69.6 Å². The molecule has 0 saturated heterocycles. The molecule has 2 aromatic carbocycles. The molecule has 34 heavy (non-hydrogen) atoms. The Morgan fingerprint density at radius 2 is 1.79 bits per heavy atom. The maximum absolute atomic E-state index is 5.74. The van der Waals surface area contributed by atoms with Gasteiger partial charge in [-0.15, -0.1) is 16.8 Å². The summed E-state index contributed by atoms with van der Waals surface area (Å²) in [6, 6.07) is 18.7. The quantitative estimate of drug-likeness (QED) is 0.200. The van der Waals surface area contributed by atoms with E-state index in [4.69, 9.17) is 9.40 Å². The fraction of sp³-hybridized carbons (Fsp3) is 0.185.